The summed E-state index contributed by atoms with van der Waals surface area (Å²) in [5.74, 6) is 0.548. The molecule has 9 heteroatoms. The Balaban J connectivity index is 1.24. The van der Waals surface area contributed by atoms with E-state index >= 15 is 0 Å². The number of likely N-dealkylation sites (N-methyl/N-ethyl adjacent to an activating group) is 1. The van der Waals surface area contributed by atoms with Crippen molar-refractivity contribution in [2.75, 3.05) is 20.2 Å². The van der Waals surface area contributed by atoms with E-state index in [0.717, 1.165) is 52.9 Å². The largest absolute Gasteiger partial charge is 0.476 e. The minimum atomic E-state index is -0.380. The van der Waals surface area contributed by atoms with Gasteiger partial charge in [0.2, 0.25) is 5.88 Å². The third-order valence-corrected chi connectivity index (χ3v) is 7.61. The zero-order valence-corrected chi connectivity index (χ0v) is 22.2. The Morgan fingerprint density at radius 3 is 2.82 bits per heavy atom. The number of hydrogen-bond donors (Lipinski definition) is 1. The van der Waals surface area contributed by atoms with Gasteiger partial charge in [-0.15, -0.1) is 0 Å². The van der Waals surface area contributed by atoms with Crippen LogP contribution >= 0.6 is 0 Å². The van der Waals surface area contributed by atoms with E-state index in [0.29, 0.717) is 24.7 Å². The lowest BCUT2D eigenvalue weighted by atomic mass is 10.0. The molecule has 1 N–H and O–H groups in total. The molecule has 1 aliphatic heterocycles. The summed E-state index contributed by atoms with van der Waals surface area (Å²) in [7, 11) is 2.00. The van der Waals surface area contributed by atoms with E-state index in [1.807, 2.05) is 76.9 Å². The number of carbonyl (C=O) groups excluding carboxylic acids is 1. The number of carbonyl (C=O) groups is 1. The Bertz CT molecular complexity index is 1630. The summed E-state index contributed by atoms with van der Waals surface area (Å²) in [5.41, 5.74) is 5.04. The quantitative estimate of drug-likeness (QED) is 0.295. The van der Waals surface area contributed by atoms with Gasteiger partial charge < -0.3 is 9.84 Å². The standard InChI is InChI=1S/C30H32N6O3/c1-3-22-30-20(16-27(38)24-17-31-28-11-4-5-14-35(24)28)8-6-10-23(30)36(33-22)18-21-9-7-12-29(32-21)39-19-25-26(37)13-15-34(25)2/h4-12,14,17,25-26,37H,3,13,15-16,18-19H2,1-2H3/t25-,26+/m1/s1. The molecule has 6 rings (SSSR count). The fraction of sp³-hybridized carbons (Fsp3) is 0.333. The first-order valence-corrected chi connectivity index (χ1v) is 13.4. The molecule has 1 aliphatic rings. The van der Waals surface area contributed by atoms with Gasteiger partial charge in [-0.25, -0.2) is 9.97 Å². The van der Waals surface area contributed by atoms with Crippen molar-refractivity contribution >= 4 is 22.3 Å². The van der Waals surface area contributed by atoms with Gasteiger partial charge in [-0.05, 0) is 49.7 Å². The SMILES string of the molecule is CCc1nn(Cc2cccc(OC[C@@H]3[C@@H](O)CCN3C)n2)c2cccc(CC(=O)c3cnc4ccccn34)c12. The number of fused-ring (bicyclic) bond motifs is 2. The number of aliphatic hydroxyl groups excluding tert-OH is 1. The topological polar surface area (TPSA) is 97.8 Å². The first-order chi connectivity index (χ1) is 19.0. The number of imidazole rings is 1. The average Bonchev–Trinajstić information content (AvgIpc) is 3.63. The fourth-order valence-corrected chi connectivity index (χ4v) is 5.48. The second-order valence-corrected chi connectivity index (χ2v) is 10.1. The predicted molar refractivity (Wildman–Crippen MR) is 148 cm³/mol. The number of rotatable bonds is 9. The van der Waals surface area contributed by atoms with Crippen LogP contribution in [0.2, 0.25) is 0 Å². The predicted octanol–water partition coefficient (Wildman–Crippen LogP) is 3.56. The van der Waals surface area contributed by atoms with Crippen molar-refractivity contribution in [3.05, 3.63) is 89.6 Å². The molecule has 1 saturated heterocycles. The zero-order valence-electron chi connectivity index (χ0n) is 22.2. The lowest BCUT2D eigenvalue weighted by Gasteiger charge is -2.21. The monoisotopic (exact) mass is 524 g/mol. The third kappa shape index (κ3) is 4.91. The molecule has 200 valence electrons. The van der Waals surface area contributed by atoms with Crippen molar-refractivity contribution in [1.82, 2.24) is 29.0 Å². The molecule has 9 nitrogen and oxygen atoms in total. The molecule has 0 bridgehead atoms. The van der Waals surface area contributed by atoms with E-state index < -0.39 is 0 Å². The van der Waals surface area contributed by atoms with Gasteiger partial charge in [0.1, 0.15) is 17.9 Å². The fourth-order valence-electron chi connectivity index (χ4n) is 5.48. The molecule has 0 aliphatic carbocycles. The maximum atomic E-state index is 13.3. The van der Waals surface area contributed by atoms with Gasteiger partial charge in [-0.2, -0.15) is 5.10 Å². The molecule has 4 aromatic heterocycles. The molecule has 2 atom stereocenters. The second kappa shape index (κ2) is 10.6. The van der Waals surface area contributed by atoms with E-state index in [-0.39, 0.29) is 24.3 Å². The molecule has 0 amide bonds. The molecule has 0 unspecified atom stereocenters. The Morgan fingerprint density at radius 1 is 1.13 bits per heavy atom. The highest BCUT2D eigenvalue weighted by Crippen LogP contribution is 2.26. The number of likely N-dealkylation sites (tertiary alicyclic amines) is 1. The normalized spacial score (nSPS) is 17.8. The Labute approximate surface area is 226 Å². The van der Waals surface area contributed by atoms with Gasteiger partial charge in [0.25, 0.3) is 0 Å². The van der Waals surface area contributed by atoms with Crippen LogP contribution in [0.5, 0.6) is 5.88 Å². The van der Waals surface area contributed by atoms with Gasteiger partial charge in [0.05, 0.1) is 41.8 Å². The molecule has 0 saturated carbocycles. The van der Waals surface area contributed by atoms with Crippen LogP contribution < -0.4 is 4.74 Å². The first kappa shape index (κ1) is 25.2. The van der Waals surface area contributed by atoms with Crippen molar-refractivity contribution in [2.24, 2.45) is 0 Å². The van der Waals surface area contributed by atoms with Crippen LogP contribution in [0, 0.1) is 0 Å². The summed E-state index contributed by atoms with van der Waals surface area (Å²) in [6.45, 7) is 3.81. The van der Waals surface area contributed by atoms with E-state index in [1.54, 1.807) is 6.20 Å². The maximum absolute atomic E-state index is 13.3. The van der Waals surface area contributed by atoms with Gasteiger partial charge in [-0.1, -0.05) is 31.2 Å². The van der Waals surface area contributed by atoms with Crippen LogP contribution in [0.25, 0.3) is 16.6 Å². The summed E-state index contributed by atoms with van der Waals surface area (Å²) in [4.78, 5) is 24.5. The smallest absolute Gasteiger partial charge is 0.213 e. The van der Waals surface area contributed by atoms with Crippen molar-refractivity contribution in [1.29, 1.82) is 0 Å². The van der Waals surface area contributed by atoms with Crippen LogP contribution in [-0.2, 0) is 19.4 Å². The number of nitrogens with zero attached hydrogens (tertiary/aromatic N) is 6. The van der Waals surface area contributed by atoms with E-state index in [4.69, 9.17) is 14.8 Å². The summed E-state index contributed by atoms with van der Waals surface area (Å²) >= 11 is 0. The van der Waals surface area contributed by atoms with Gasteiger partial charge >= 0.3 is 0 Å². The molecular weight excluding hydrogens is 492 g/mol. The van der Waals surface area contributed by atoms with Gasteiger partial charge in [-0.3, -0.25) is 18.8 Å². The number of aromatic nitrogens is 5. The first-order valence-electron chi connectivity index (χ1n) is 13.4. The number of ketones is 1. The summed E-state index contributed by atoms with van der Waals surface area (Å²) in [6, 6.07) is 17.4. The van der Waals surface area contributed by atoms with E-state index in [2.05, 4.69) is 16.8 Å². The number of aryl methyl sites for hydroxylation is 1. The Morgan fingerprint density at radius 2 is 2.00 bits per heavy atom. The van der Waals surface area contributed by atoms with Crippen LogP contribution in [0.4, 0.5) is 0 Å². The molecule has 5 aromatic rings. The average molecular weight is 525 g/mol. The van der Waals surface area contributed by atoms with Crippen LogP contribution in [0.3, 0.4) is 0 Å². The van der Waals surface area contributed by atoms with Gasteiger partial charge in [0.15, 0.2) is 5.78 Å². The zero-order chi connectivity index (χ0) is 26.9. The lowest BCUT2D eigenvalue weighted by Crippen LogP contribution is -2.37. The Hall–Kier alpha value is -4.08. The molecule has 39 heavy (non-hydrogen) atoms. The highest BCUT2D eigenvalue weighted by Gasteiger charge is 2.30. The van der Waals surface area contributed by atoms with Gasteiger partial charge in [0, 0.05) is 30.6 Å². The summed E-state index contributed by atoms with van der Waals surface area (Å²) in [5, 5.41) is 16.1. The minimum Gasteiger partial charge on any atom is -0.476 e. The molecule has 5 heterocycles. The van der Waals surface area contributed by atoms with Crippen LogP contribution in [-0.4, -0.2) is 72.3 Å². The minimum absolute atomic E-state index is 0.0144. The van der Waals surface area contributed by atoms with Crippen LogP contribution in [0.1, 0.15) is 40.8 Å². The number of pyridine rings is 2. The highest BCUT2D eigenvalue weighted by atomic mass is 16.5. The van der Waals surface area contributed by atoms with Crippen molar-refractivity contribution in [3.63, 3.8) is 0 Å². The summed E-state index contributed by atoms with van der Waals surface area (Å²) in [6.07, 6.45) is 4.91. The number of Topliss-reactive ketones (excluding diaryl/α,β-unsaturated/α-hetero) is 1. The third-order valence-electron chi connectivity index (χ3n) is 7.61. The van der Waals surface area contributed by atoms with E-state index in [1.165, 1.54) is 0 Å². The van der Waals surface area contributed by atoms with Crippen molar-refractivity contribution in [2.45, 2.75) is 44.9 Å². The molecule has 0 radical (unpaired) electrons. The number of hydrogen-bond acceptors (Lipinski definition) is 7. The summed E-state index contributed by atoms with van der Waals surface area (Å²) < 4.78 is 9.75. The van der Waals surface area contributed by atoms with Crippen LogP contribution in [0.15, 0.2) is 67.0 Å². The molecule has 1 fully saturated rings. The molecule has 0 spiro atoms. The van der Waals surface area contributed by atoms with E-state index in [9.17, 15) is 9.90 Å². The Kier molecular flexibility index (Phi) is 6.85. The second-order valence-electron chi connectivity index (χ2n) is 10.1. The molecule has 1 aromatic carbocycles. The highest BCUT2D eigenvalue weighted by molar-refractivity contribution is 5.99. The number of ether oxygens (including phenoxy) is 1. The van der Waals surface area contributed by atoms with Crippen molar-refractivity contribution in [3.8, 4) is 5.88 Å². The van der Waals surface area contributed by atoms with Crippen molar-refractivity contribution < 1.29 is 14.6 Å². The maximum Gasteiger partial charge on any atom is 0.213 e. The number of aliphatic hydroxyl groups is 1. The number of benzene rings is 1. The molecular formula is C30H32N6O3. The lowest BCUT2D eigenvalue weighted by molar-refractivity contribution is 0.0885.